The van der Waals surface area contributed by atoms with Crippen LogP contribution in [0.25, 0.3) is 0 Å². The van der Waals surface area contributed by atoms with Crippen LogP contribution in [0, 0.1) is 0 Å². The molecule has 0 atom stereocenters. The van der Waals surface area contributed by atoms with Crippen LogP contribution >= 0.6 is 0 Å². The predicted octanol–water partition coefficient (Wildman–Crippen LogP) is 3.70. The number of aryl methyl sites for hydroxylation is 1. The molecule has 2 aliphatic rings. The summed E-state index contributed by atoms with van der Waals surface area (Å²) in [5.41, 5.74) is 1.32. The first kappa shape index (κ1) is 14.7. The molecule has 21 heavy (non-hydrogen) atoms. The van der Waals surface area contributed by atoms with E-state index in [2.05, 4.69) is 30.4 Å². The van der Waals surface area contributed by atoms with Crippen molar-refractivity contribution in [3.63, 3.8) is 0 Å². The Morgan fingerprint density at radius 1 is 1.24 bits per heavy atom. The van der Waals surface area contributed by atoms with Crippen LogP contribution in [0.2, 0.25) is 0 Å². The topological polar surface area (TPSA) is 30.5 Å². The van der Waals surface area contributed by atoms with Gasteiger partial charge in [0.1, 0.15) is 5.60 Å². The van der Waals surface area contributed by atoms with Gasteiger partial charge in [0.25, 0.3) is 0 Å². The number of ether oxygens (including phenoxy) is 2. The first-order chi connectivity index (χ1) is 10.2. The molecule has 2 fully saturated rings. The summed E-state index contributed by atoms with van der Waals surface area (Å²) in [7, 11) is 1.73. The van der Waals surface area contributed by atoms with Crippen molar-refractivity contribution in [2.24, 2.45) is 0 Å². The first-order valence-corrected chi connectivity index (χ1v) is 8.34. The van der Waals surface area contributed by atoms with Crippen molar-refractivity contribution < 1.29 is 9.47 Å². The highest BCUT2D eigenvalue weighted by molar-refractivity contribution is 5.43. The predicted molar refractivity (Wildman–Crippen MR) is 85.2 cm³/mol. The minimum Gasteiger partial charge on any atom is -0.493 e. The average molecular weight is 289 g/mol. The normalized spacial score (nSPS) is 19.9. The third-order valence-corrected chi connectivity index (χ3v) is 4.82. The highest BCUT2D eigenvalue weighted by atomic mass is 16.5. The molecule has 0 amide bonds. The van der Waals surface area contributed by atoms with E-state index in [4.69, 9.17) is 9.47 Å². The van der Waals surface area contributed by atoms with Crippen LogP contribution in [0.5, 0.6) is 11.5 Å². The summed E-state index contributed by atoms with van der Waals surface area (Å²) in [4.78, 5) is 0. The molecule has 0 unspecified atom stereocenters. The molecule has 3 rings (SSSR count). The molecule has 0 bridgehead atoms. The maximum Gasteiger partial charge on any atom is 0.162 e. The third kappa shape index (κ3) is 3.52. The van der Waals surface area contributed by atoms with Gasteiger partial charge in [0.2, 0.25) is 0 Å². The number of benzene rings is 1. The van der Waals surface area contributed by atoms with E-state index in [1.165, 1.54) is 24.8 Å². The van der Waals surface area contributed by atoms with Gasteiger partial charge >= 0.3 is 0 Å². The minimum absolute atomic E-state index is 0.0307. The van der Waals surface area contributed by atoms with E-state index in [1.807, 2.05) is 0 Å². The summed E-state index contributed by atoms with van der Waals surface area (Å²) in [6, 6.07) is 7.10. The lowest BCUT2D eigenvalue weighted by Crippen LogP contribution is -2.45. The summed E-state index contributed by atoms with van der Waals surface area (Å²) >= 11 is 0. The molecule has 116 valence electrons. The van der Waals surface area contributed by atoms with Crippen LogP contribution in [0.1, 0.15) is 51.0 Å². The molecule has 2 aliphatic carbocycles. The Morgan fingerprint density at radius 2 is 2.05 bits per heavy atom. The van der Waals surface area contributed by atoms with Gasteiger partial charge in [0.15, 0.2) is 11.5 Å². The Kier molecular flexibility index (Phi) is 4.39. The molecule has 0 aliphatic heterocycles. The van der Waals surface area contributed by atoms with Crippen molar-refractivity contribution >= 4 is 0 Å². The van der Waals surface area contributed by atoms with Gasteiger partial charge in [0, 0.05) is 6.04 Å². The van der Waals surface area contributed by atoms with Gasteiger partial charge in [-0.2, -0.15) is 0 Å². The number of rotatable bonds is 8. The highest BCUT2D eigenvalue weighted by Crippen LogP contribution is 2.42. The Morgan fingerprint density at radius 3 is 2.62 bits per heavy atom. The third-order valence-electron chi connectivity index (χ3n) is 4.82. The van der Waals surface area contributed by atoms with E-state index in [1.54, 1.807) is 7.11 Å². The van der Waals surface area contributed by atoms with Gasteiger partial charge in [0.05, 0.1) is 7.11 Å². The van der Waals surface area contributed by atoms with Crippen molar-refractivity contribution in [1.29, 1.82) is 0 Å². The molecular weight excluding hydrogens is 262 g/mol. The van der Waals surface area contributed by atoms with E-state index >= 15 is 0 Å². The molecule has 0 aromatic heterocycles. The Balaban J connectivity index is 1.64. The number of methoxy groups -OCH3 is 1. The van der Waals surface area contributed by atoms with Crippen molar-refractivity contribution in [2.45, 2.75) is 63.5 Å². The average Bonchev–Trinajstić information content (AvgIpc) is 3.29. The number of hydrogen-bond acceptors (Lipinski definition) is 3. The molecule has 1 aromatic carbocycles. The van der Waals surface area contributed by atoms with Gasteiger partial charge in [-0.3, -0.25) is 0 Å². The second-order valence-corrected chi connectivity index (χ2v) is 6.46. The monoisotopic (exact) mass is 289 g/mol. The zero-order valence-electron chi connectivity index (χ0n) is 13.3. The van der Waals surface area contributed by atoms with Crippen molar-refractivity contribution in [3.05, 3.63) is 23.8 Å². The summed E-state index contributed by atoms with van der Waals surface area (Å²) in [5, 5.41) is 3.60. The zero-order valence-corrected chi connectivity index (χ0v) is 13.3. The Hall–Kier alpha value is -1.22. The first-order valence-electron chi connectivity index (χ1n) is 8.34. The molecule has 3 nitrogen and oxygen atoms in total. The maximum absolute atomic E-state index is 6.40. The van der Waals surface area contributed by atoms with Crippen LogP contribution in [-0.2, 0) is 6.42 Å². The van der Waals surface area contributed by atoms with Gasteiger partial charge in [-0.25, -0.2) is 0 Å². The summed E-state index contributed by atoms with van der Waals surface area (Å²) < 4.78 is 11.9. The van der Waals surface area contributed by atoms with E-state index < -0.39 is 0 Å². The van der Waals surface area contributed by atoms with E-state index in [0.29, 0.717) is 0 Å². The number of hydrogen-bond donors (Lipinski definition) is 1. The second kappa shape index (κ2) is 6.27. The smallest absolute Gasteiger partial charge is 0.162 e. The lowest BCUT2D eigenvalue weighted by atomic mass is 9.77. The van der Waals surface area contributed by atoms with Crippen LogP contribution in [0.3, 0.4) is 0 Å². The van der Waals surface area contributed by atoms with Gasteiger partial charge in [-0.05, 0) is 69.2 Å². The minimum atomic E-state index is 0.0307. The van der Waals surface area contributed by atoms with Gasteiger partial charge in [-0.1, -0.05) is 13.0 Å². The standard InChI is InChI=1S/C18H27NO2/c1-3-14-5-8-16(17(13-14)20-2)21-18(9-4-10-18)11-12-19-15-6-7-15/h5,8,13,15,19H,3-4,6-7,9-12H2,1-2H3. The van der Waals surface area contributed by atoms with Crippen LogP contribution in [0.15, 0.2) is 18.2 Å². The second-order valence-electron chi connectivity index (χ2n) is 6.46. The van der Waals surface area contributed by atoms with E-state index in [9.17, 15) is 0 Å². The zero-order chi connectivity index (χ0) is 14.7. The summed E-state index contributed by atoms with van der Waals surface area (Å²) in [6.45, 7) is 3.23. The Bertz CT molecular complexity index is 478. The molecule has 0 saturated heterocycles. The van der Waals surface area contributed by atoms with Crippen LogP contribution in [-0.4, -0.2) is 25.3 Å². The highest BCUT2D eigenvalue weighted by Gasteiger charge is 2.39. The summed E-state index contributed by atoms with van der Waals surface area (Å²) in [6.07, 6.45) is 8.42. The lowest BCUT2D eigenvalue weighted by Gasteiger charge is -2.42. The SMILES string of the molecule is CCc1ccc(OC2(CCNC3CC3)CCC2)c(OC)c1. The number of nitrogens with one attached hydrogen (secondary N) is 1. The fourth-order valence-electron chi connectivity index (χ4n) is 3.02. The Labute approximate surface area is 128 Å². The maximum atomic E-state index is 6.40. The molecule has 0 heterocycles. The quantitative estimate of drug-likeness (QED) is 0.791. The van der Waals surface area contributed by atoms with Crippen molar-refractivity contribution in [3.8, 4) is 11.5 Å². The molecule has 3 heteroatoms. The van der Waals surface area contributed by atoms with Gasteiger partial charge < -0.3 is 14.8 Å². The van der Waals surface area contributed by atoms with Crippen molar-refractivity contribution in [2.75, 3.05) is 13.7 Å². The van der Waals surface area contributed by atoms with Crippen molar-refractivity contribution in [1.82, 2.24) is 5.32 Å². The lowest BCUT2D eigenvalue weighted by molar-refractivity contribution is -0.0161. The van der Waals surface area contributed by atoms with Crippen LogP contribution < -0.4 is 14.8 Å². The largest absolute Gasteiger partial charge is 0.493 e. The molecule has 1 aromatic rings. The van der Waals surface area contributed by atoms with Gasteiger partial charge in [-0.15, -0.1) is 0 Å². The van der Waals surface area contributed by atoms with E-state index in [-0.39, 0.29) is 5.60 Å². The molecular formula is C18H27NO2. The molecule has 0 radical (unpaired) electrons. The van der Waals surface area contributed by atoms with Crippen LogP contribution in [0.4, 0.5) is 0 Å². The fourth-order valence-corrected chi connectivity index (χ4v) is 3.02. The molecule has 2 saturated carbocycles. The fraction of sp³-hybridized carbons (Fsp3) is 0.667. The molecule has 1 N–H and O–H groups in total. The summed E-state index contributed by atoms with van der Waals surface area (Å²) in [5.74, 6) is 1.77. The molecule has 0 spiro atoms. The van der Waals surface area contributed by atoms with E-state index in [0.717, 1.165) is 49.8 Å².